The lowest BCUT2D eigenvalue weighted by Gasteiger charge is -2.31. The zero-order valence-electron chi connectivity index (χ0n) is 27.0. The summed E-state index contributed by atoms with van der Waals surface area (Å²) in [6.07, 6.45) is 1.92. The van der Waals surface area contributed by atoms with Gasteiger partial charge >= 0.3 is 6.09 Å². The number of carbonyl (C=O) groups is 3. The number of amides is 3. The number of benzene rings is 4. The van der Waals surface area contributed by atoms with Crippen LogP contribution in [0.1, 0.15) is 35.2 Å². The topological polar surface area (TPSA) is 132 Å². The number of nitrogens with zero attached hydrogens (tertiary/aromatic N) is 1. The summed E-state index contributed by atoms with van der Waals surface area (Å²) in [6, 6.07) is 31.6. The molecule has 0 radical (unpaired) electrons. The van der Waals surface area contributed by atoms with Gasteiger partial charge in [-0.25, -0.2) is 4.79 Å². The fourth-order valence-electron chi connectivity index (χ4n) is 5.62. The summed E-state index contributed by atoms with van der Waals surface area (Å²) >= 11 is 0. The van der Waals surface area contributed by atoms with Crippen LogP contribution in [0.5, 0.6) is 5.75 Å². The maximum absolute atomic E-state index is 12.8. The Morgan fingerprint density at radius 1 is 0.792 bits per heavy atom. The zero-order chi connectivity index (χ0) is 33.6. The van der Waals surface area contributed by atoms with E-state index in [1.807, 2.05) is 66.7 Å². The van der Waals surface area contributed by atoms with Crippen molar-refractivity contribution in [2.24, 2.45) is 0 Å². The van der Waals surface area contributed by atoms with E-state index >= 15 is 0 Å². The smallest absolute Gasteiger partial charge is 0.411 e. The average molecular weight is 650 g/mol. The number of phenolic OH excluding ortho intramolecular Hbond substituents is 1. The molecular formula is C38H43N5O5. The highest BCUT2D eigenvalue weighted by Gasteiger charge is 2.23. The second kappa shape index (κ2) is 17.7. The number of nitrogens with one attached hydrogen (secondary N) is 4. The first-order valence-electron chi connectivity index (χ1n) is 16.4. The van der Waals surface area contributed by atoms with Crippen molar-refractivity contribution in [3.63, 3.8) is 0 Å². The van der Waals surface area contributed by atoms with Crippen LogP contribution in [0.3, 0.4) is 0 Å². The third-order valence-electron chi connectivity index (χ3n) is 8.23. The molecule has 5 rings (SSSR count). The standard InChI is InChI=1S/C38H43N5O5/c44-32-15-13-28(14-16-32)17-21-39-22-18-36(45)41-31-10-6-9-30(27-31)37(46)40-23-26-43-24-19-33(20-25-43)48-38(47)42-35-12-5-4-11-34(35)29-7-2-1-3-8-29/h1-16,27,33,39,44H,17-26H2,(H,40,46)(H,41,45)(H,42,47). The number of carbonyl (C=O) groups excluding carboxylic acids is 3. The first-order chi connectivity index (χ1) is 23.4. The molecule has 1 saturated heterocycles. The number of aromatic hydroxyl groups is 1. The Balaban J connectivity index is 0.961. The van der Waals surface area contributed by atoms with Gasteiger partial charge in [0.2, 0.25) is 5.91 Å². The Hall–Kier alpha value is -5.19. The third kappa shape index (κ3) is 10.7. The van der Waals surface area contributed by atoms with Crippen LogP contribution < -0.4 is 21.3 Å². The fourth-order valence-corrected chi connectivity index (χ4v) is 5.62. The molecule has 4 aromatic carbocycles. The van der Waals surface area contributed by atoms with Crippen LogP contribution >= 0.6 is 0 Å². The summed E-state index contributed by atoms with van der Waals surface area (Å²) in [5.41, 5.74) is 4.83. The van der Waals surface area contributed by atoms with Crippen LogP contribution in [0, 0.1) is 0 Å². The van der Waals surface area contributed by atoms with E-state index in [0.29, 0.717) is 43.0 Å². The molecule has 3 amide bonds. The SMILES string of the molecule is O=C(CCNCCc1ccc(O)cc1)Nc1cccc(C(=O)NCCN2CCC(OC(=O)Nc3ccccc3-c3ccccc3)CC2)c1. The summed E-state index contributed by atoms with van der Waals surface area (Å²) in [7, 11) is 0. The second-order valence-corrected chi connectivity index (χ2v) is 11.8. The molecule has 1 heterocycles. The van der Waals surface area contributed by atoms with Gasteiger partial charge in [-0.3, -0.25) is 14.9 Å². The number of hydrogen-bond donors (Lipinski definition) is 5. The number of likely N-dealkylation sites (tertiary alicyclic amines) is 1. The summed E-state index contributed by atoms with van der Waals surface area (Å²) in [5.74, 6) is -0.0892. The minimum atomic E-state index is -0.457. The molecule has 1 fully saturated rings. The predicted octanol–water partition coefficient (Wildman–Crippen LogP) is 5.66. The van der Waals surface area contributed by atoms with Crippen molar-refractivity contribution in [3.8, 4) is 16.9 Å². The molecule has 48 heavy (non-hydrogen) atoms. The van der Waals surface area contributed by atoms with Crippen molar-refractivity contribution in [1.29, 1.82) is 0 Å². The predicted molar refractivity (Wildman–Crippen MR) is 188 cm³/mol. The van der Waals surface area contributed by atoms with Crippen LogP contribution in [0.15, 0.2) is 103 Å². The Morgan fingerprint density at radius 2 is 1.54 bits per heavy atom. The van der Waals surface area contributed by atoms with E-state index in [1.165, 1.54) is 0 Å². The summed E-state index contributed by atoms with van der Waals surface area (Å²) in [5, 5.41) is 21.4. The molecule has 4 aromatic rings. The zero-order valence-corrected chi connectivity index (χ0v) is 27.0. The molecule has 0 spiro atoms. The maximum atomic E-state index is 12.8. The molecule has 0 unspecified atom stereocenters. The minimum Gasteiger partial charge on any atom is -0.508 e. The second-order valence-electron chi connectivity index (χ2n) is 11.8. The van der Waals surface area contributed by atoms with Crippen LogP contribution in [0.4, 0.5) is 16.2 Å². The van der Waals surface area contributed by atoms with Gasteiger partial charge in [-0.2, -0.15) is 0 Å². The van der Waals surface area contributed by atoms with Gasteiger partial charge in [0.05, 0.1) is 5.69 Å². The number of rotatable bonds is 14. The summed E-state index contributed by atoms with van der Waals surface area (Å²) in [6.45, 7) is 3.95. The Morgan fingerprint density at radius 3 is 2.33 bits per heavy atom. The van der Waals surface area contributed by atoms with Crippen molar-refractivity contribution in [1.82, 2.24) is 15.5 Å². The molecule has 1 aliphatic rings. The molecule has 0 aromatic heterocycles. The van der Waals surface area contributed by atoms with Crippen molar-refractivity contribution < 1.29 is 24.2 Å². The van der Waals surface area contributed by atoms with Gasteiger partial charge < -0.3 is 30.7 Å². The quantitative estimate of drug-likeness (QED) is 0.111. The van der Waals surface area contributed by atoms with Crippen LogP contribution in [0.2, 0.25) is 0 Å². The number of hydrogen-bond acceptors (Lipinski definition) is 7. The van der Waals surface area contributed by atoms with Crippen molar-refractivity contribution >= 4 is 29.3 Å². The van der Waals surface area contributed by atoms with Crippen molar-refractivity contribution in [2.75, 3.05) is 49.9 Å². The van der Waals surface area contributed by atoms with Crippen molar-refractivity contribution in [3.05, 3.63) is 114 Å². The third-order valence-corrected chi connectivity index (χ3v) is 8.23. The average Bonchev–Trinajstić information content (AvgIpc) is 3.10. The summed E-state index contributed by atoms with van der Waals surface area (Å²) in [4.78, 5) is 40.2. The monoisotopic (exact) mass is 649 g/mol. The minimum absolute atomic E-state index is 0.133. The highest BCUT2D eigenvalue weighted by atomic mass is 16.6. The van der Waals surface area contributed by atoms with Gasteiger partial charge in [0.15, 0.2) is 0 Å². The molecule has 5 N–H and O–H groups in total. The molecular weight excluding hydrogens is 606 g/mol. The molecule has 250 valence electrons. The largest absolute Gasteiger partial charge is 0.508 e. The highest BCUT2D eigenvalue weighted by molar-refractivity contribution is 5.97. The van der Waals surface area contributed by atoms with Crippen molar-refractivity contribution in [2.45, 2.75) is 31.8 Å². The van der Waals surface area contributed by atoms with E-state index < -0.39 is 6.09 Å². The van der Waals surface area contributed by atoms with E-state index in [-0.39, 0.29) is 23.7 Å². The number of phenols is 1. The molecule has 0 saturated carbocycles. The van der Waals surface area contributed by atoms with Gasteiger partial charge in [0, 0.05) is 56.0 Å². The Kier molecular flexibility index (Phi) is 12.6. The van der Waals surface area contributed by atoms with Crippen LogP contribution in [-0.4, -0.2) is 73.3 Å². The summed E-state index contributed by atoms with van der Waals surface area (Å²) < 4.78 is 5.74. The van der Waals surface area contributed by atoms with E-state index in [9.17, 15) is 19.5 Å². The molecule has 0 bridgehead atoms. The van der Waals surface area contributed by atoms with Gasteiger partial charge in [0.1, 0.15) is 11.9 Å². The number of para-hydroxylation sites is 1. The lowest BCUT2D eigenvalue weighted by molar-refractivity contribution is -0.116. The maximum Gasteiger partial charge on any atom is 0.411 e. The van der Waals surface area contributed by atoms with Gasteiger partial charge in [0.25, 0.3) is 5.91 Å². The number of anilines is 2. The van der Waals surface area contributed by atoms with Crippen LogP contribution in [-0.2, 0) is 16.0 Å². The first-order valence-corrected chi connectivity index (χ1v) is 16.4. The van der Waals surface area contributed by atoms with E-state index in [4.69, 9.17) is 4.74 Å². The number of ether oxygens (including phenoxy) is 1. The van der Waals surface area contributed by atoms with E-state index in [2.05, 4.69) is 26.2 Å². The van der Waals surface area contributed by atoms with Gasteiger partial charge in [-0.15, -0.1) is 0 Å². The molecule has 10 heteroatoms. The first kappa shape index (κ1) is 34.2. The molecule has 0 atom stereocenters. The lowest BCUT2D eigenvalue weighted by Crippen LogP contribution is -2.42. The fraction of sp³-hybridized carbons (Fsp3) is 0.289. The van der Waals surface area contributed by atoms with Gasteiger partial charge in [-0.05, 0) is 73.3 Å². The molecule has 0 aliphatic carbocycles. The van der Waals surface area contributed by atoms with Gasteiger partial charge in [-0.1, -0.05) is 66.7 Å². The molecule has 10 nitrogen and oxygen atoms in total. The van der Waals surface area contributed by atoms with Crippen LogP contribution in [0.25, 0.3) is 11.1 Å². The Labute approximate surface area is 281 Å². The van der Waals surface area contributed by atoms with E-state index in [0.717, 1.165) is 55.6 Å². The number of piperidine rings is 1. The Bertz CT molecular complexity index is 1640. The normalized spacial score (nSPS) is 13.4. The lowest BCUT2D eigenvalue weighted by atomic mass is 10.0. The van der Waals surface area contributed by atoms with E-state index in [1.54, 1.807) is 36.4 Å². The molecule has 1 aliphatic heterocycles. The highest BCUT2D eigenvalue weighted by Crippen LogP contribution is 2.28.